The lowest BCUT2D eigenvalue weighted by molar-refractivity contribution is -0.137. The van der Waals surface area contributed by atoms with Gasteiger partial charge in [-0.25, -0.2) is 4.79 Å². The molecule has 0 N–H and O–H groups in total. The number of nitrogens with zero attached hydrogens (tertiary/aromatic N) is 2. The maximum absolute atomic E-state index is 13.5. The maximum atomic E-state index is 13.5. The van der Waals surface area contributed by atoms with Crippen LogP contribution < -0.4 is 4.90 Å². The molecule has 1 aliphatic rings. The second kappa shape index (κ2) is 9.11. The summed E-state index contributed by atoms with van der Waals surface area (Å²) in [7, 11) is 1.29. The number of carbonyl (C=O) groups is 2. The second-order valence-electron chi connectivity index (χ2n) is 8.57. The molecule has 5 nitrogen and oxygen atoms in total. The van der Waals surface area contributed by atoms with Crippen LogP contribution in [0.3, 0.4) is 0 Å². The number of aryl methyl sites for hydroxylation is 3. The van der Waals surface area contributed by atoms with Crippen molar-refractivity contribution >= 4 is 39.4 Å². The van der Waals surface area contributed by atoms with Crippen LogP contribution in [0.1, 0.15) is 35.0 Å². The average molecular weight is 519 g/mol. The van der Waals surface area contributed by atoms with Gasteiger partial charge >= 0.3 is 5.97 Å². The van der Waals surface area contributed by atoms with Gasteiger partial charge in [-0.15, -0.1) is 0 Å². The number of carbonyl (C=O) groups excluding carboxylic acids is 2. The Bertz CT molecular complexity index is 1380. The van der Waals surface area contributed by atoms with Crippen LogP contribution in [0, 0.1) is 27.7 Å². The van der Waals surface area contributed by atoms with Crippen LogP contribution in [0.4, 0.5) is 5.69 Å². The number of halogens is 1. The summed E-state index contributed by atoms with van der Waals surface area (Å²) in [4.78, 5) is 27.8. The van der Waals surface area contributed by atoms with Crippen molar-refractivity contribution in [2.24, 2.45) is 0 Å². The zero-order chi connectivity index (χ0) is 24.7. The molecule has 2 heterocycles. The molecule has 0 amide bonds. The molecular formula is C28H27BrN2O3. The lowest BCUT2D eigenvalue weighted by atomic mass is 10.1. The zero-order valence-corrected chi connectivity index (χ0v) is 21.8. The van der Waals surface area contributed by atoms with Crippen LogP contribution in [0.15, 0.2) is 70.0 Å². The molecule has 2 aromatic carbocycles. The first kappa shape index (κ1) is 23.8. The fourth-order valence-corrected chi connectivity index (χ4v) is 4.76. The van der Waals surface area contributed by atoms with Gasteiger partial charge in [0.25, 0.3) is 0 Å². The molecule has 34 heavy (non-hydrogen) atoms. The Hall–Kier alpha value is -3.38. The monoisotopic (exact) mass is 518 g/mol. The number of anilines is 1. The van der Waals surface area contributed by atoms with E-state index in [4.69, 9.17) is 4.74 Å². The molecule has 0 spiro atoms. The van der Waals surface area contributed by atoms with E-state index in [1.54, 1.807) is 6.92 Å². The normalized spacial score (nSPS) is 15.0. The molecular weight excluding hydrogens is 492 g/mol. The van der Waals surface area contributed by atoms with Gasteiger partial charge in [-0.1, -0.05) is 28.1 Å². The number of allylic oxidation sites excluding steroid dienone is 2. The predicted molar refractivity (Wildman–Crippen MR) is 139 cm³/mol. The van der Waals surface area contributed by atoms with Gasteiger partial charge in [0, 0.05) is 32.9 Å². The number of Topliss-reactive ketones (excluding diaryl/α,β-unsaturated/α-hetero) is 1. The molecule has 0 radical (unpaired) electrons. The average Bonchev–Trinajstić information content (AvgIpc) is 3.21. The molecule has 6 heteroatoms. The van der Waals surface area contributed by atoms with Crippen molar-refractivity contribution in [3.63, 3.8) is 0 Å². The topological polar surface area (TPSA) is 51.5 Å². The molecule has 0 saturated carbocycles. The predicted octanol–water partition coefficient (Wildman–Crippen LogP) is 6.35. The van der Waals surface area contributed by atoms with E-state index in [2.05, 4.69) is 65.5 Å². The quantitative estimate of drug-likeness (QED) is 0.229. The van der Waals surface area contributed by atoms with E-state index < -0.39 is 5.97 Å². The molecule has 4 rings (SSSR count). The molecule has 3 aromatic rings. The lowest BCUT2D eigenvalue weighted by Gasteiger charge is -2.21. The lowest BCUT2D eigenvalue weighted by Crippen LogP contribution is -2.18. The van der Waals surface area contributed by atoms with Crippen molar-refractivity contribution in [1.29, 1.82) is 0 Å². The van der Waals surface area contributed by atoms with Gasteiger partial charge in [0.15, 0.2) is 0 Å². The molecule has 1 aromatic heterocycles. The zero-order valence-electron chi connectivity index (χ0n) is 20.2. The number of esters is 1. The van der Waals surface area contributed by atoms with Crippen LogP contribution in [-0.4, -0.2) is 23.4 Å². The summed E-state index contributed by atoms with van der Waals surface area (Å²) < 4.78 is 8.06. The third kappa shape index (κ3) is 4.03. The fourth-order valence-electron chi connectivity index (χ4n) is 4.49. The van der Waals surface area contributed by atoms with Gasteiger partial charge < -0.3 is 14.2 Å². The van der Waals surface area contributed by atoms with Crippen LogP contribution in [0.5, 0.6) is 0 Å². The number of ketones is 1. The van der Waals surface area contributed by atoms with E-state index >= 15 is 0 Å². The van der Waals surface area contributed by atoms with Gasteiger partial charge in [0.2, 0.25) is 5.78 Å². The van der Waals surface area contributed by atoms with Gasteiger partial charge in [0.1, 0.15) is 5.57 Å². The van der Waals surface area contributed by atoms with Crippen LogP contribution in [-0.2, 0) is 14.3 Å². The van der Waals surface area contributed by atoms with Crippen molar-refractivity contribution in [3.8, 4) is 5.69 Å². The summed E-state index contributed by atoms with van der Waals surface area (Å²) in [5.41, 5.74) is 8.30. The van der Waals surface area contributed by atoms with E-state index in [1.165, 1.54) is 18.2 Å². The van der Waals surface area contributed by atoms with Crippen LogP contribution in [0.25, 0.3) is 11.8 Å². The van der Waals surface area contributed by atoms with Gasteiger partial charge in [-0.2, -0.15) is 0 Å². The Kier molecular flexibility index (Phi) is 6.36. The second-order valence-corrected chi connectivity index (χ2v) is 9.49. The number of benzene rings is 2. The summed E-state index contributed by atoms with van der Waals surface area (Å²) in [6.07, 6.45) is 1.87. The minimum atomic E-state index is -0.631. The number of aromatic nitrogens is 1. The van der Waals surface area contributed by atoms with Crippen molar-refractivity contribution in [1.82, 2.24) is 4.57 Å². The summed E-state index contributed by atoms with van der Waals surface area (Å²) >= 11 is 3.46. The van der Waals surface area contributed by atoms with E-state index in [9.17, 15) is 9.59 Å². The third-order valence-electron chi connectivity index (χ3n) is 6.24. The first-order valence-electron chi connectivity index (χ1n) is 11.0. The van der Waals surface area contributed by atoms with E-state index in [1.807, 2.05) is 42.2 Å². The Morgan fingerprint density at radius 3 is 2.29 bits per heavy atom. The van der Waals surface area contributed by atoms with E-state index in [0.717, 1.165) is 32.8 Å². The standard InChI is InChI=1S/C28H27BrN2O3/c1-16-7-8-17(2)24(13-16)30-18(3)14-21(19(30)4)15-25-27(32)26(28(33)34-6)20(5)31(25)23-11-9-22(29)10-12-23/h7-15H,1-6H3/b25-15-. The Morgan fingerprint density at radius 1 is 0.971 bits per heavy atom. The first-order valence-corrected chi connectivity index (χ1v) is 11.8. The molecule has 0 bridgehead atoms. The molecule has 0 unspecified atom stereocenters. The largest absolute Gasteiger partial charge is 0.465 e. The van der Waals surface area contributed by atoms with Crippen LogP contribution >= 0.6 is 15.9 Å². The molecule has 0 aliphatic carbocycles. The maximum Gasteiger partial charge on any atom is 0.343 e. The van der Waals surface area contributed by atoms with Crippen molar-refractivity contribution in [2.45, 2.75) is 34.6 Å². The molecule has 0 fully saturated rings. The molecule has 174 valence electrons. The van der Waals surface area contributed by atoms with E-state index in [0.29, 0.717) is 11.4 Å². The smallest absolute Gasteiger partial charge is 0.343 e. The van der Waals surface area contributed by atoms with Gasteiger partial charge in [-0.3, -0.25) is 4.79 Å². The van der Waals surface area contributed by atoms with Crippen molar-refractivity contribution in [3.05, 3.63) is 98.0 Å². The Balaban J connectivity index is 1.89. The highest BCUT2D eigenvalue weighted by Gasteiger charge is 2.38. The summed E-state index contributed by atoms with van der Waals surface area (Å²) in [5, 5.41) is 0. The van der Waals surface area contributed by atoms with Crippen molar-refractivity contribution < 1.29 is 14.3 Å². The summed E-state index contributed by atoms with van der Waals surface area (Å²) in [6, 6.07) is 16.1. The highest BCUT2D eigenvalue weighted by Crippen LogP contribution is 2.37. The summed E-state index contributed by atoms with van der Waals surface area (Å²) in [5.74, 6) is -0.974. The Labute approximate surface area is 208 Å². The number of hydrogen-bond donors (Lipinski definition) is 0. The third-order valence-corrected chi connectivity index (χ3v) is 6.77. The minimum Gasteiger partial charge on any atom is -0.465 e. The molecule has 0 saturated heterocycles. The molecule has 0 atom stereocenters. The van der Waals surface area contributed by atoms with Gasteiger partial charge in [0.05, 0.1) is 12.8 Å². The summed E-state index contributed by atoms with van der Waals surface area (Å²) in [6.45, 7) is 10.1. The minimum absolute atomic E-state index is 0.0556. The SMILES string of the molecule is COC(=O)C1=C(C)N(c2ccc(Br)cc2)/C(=C\c2cc(C)n(-c3cc(C)ccc3C)c2C)C1=O. The fraction of sp³-hybridized carbons (Fsp3) is 0.214. The highest BCUT2D eigenvalue weighted by atomic mass is 79.9. The first-order chi connectivity index (χ1) is 16.1. The number of rotatable bonds is 4. The number of hydrogen-bond acceptors (Lipinski definition) is 4. The van der Waals surface area contributed by atoms with E-state index in [-0.39, 0.29) is 11.4 Å². The number of ether oxygens (including phenoxy) is 1. The van der Waals surface area contributed by atoms with Crippen molar-refractivity contribution in [2.75, 3.05) is 12.0 Å². The number of methoxy groups -OCH3 is 1. The Morgan fingerprint density at radius 2 is 1.65 bits per heavy atom. The van der Waals surface area contributed by atoms with Gasteiger partial charge in [-0.05, 0) is 93.8 Å². The van der Waals surface area contributed by atoms with Crippen LogP contribution in [0.2, 0.25) is 0 Å². The highest BCUT2D eigenvalue weighted by molar-refractivity contribution is 9.10. The molecule has 1 aliphatic heterocycles.